The maximum atomic E-state index is 13.2. The maximum absolute atomic E-state index is 13.2. The highest BCUT2D eigenvalue weighted by Crippen LogP contribution is 2.20. The number of halogens is 2. The Morgan fingerprint density at radius 2 is 2.14 bits per heavy atom. The minimum atomic E-state index is -0.492. The molecule has 2 rings (SSSR count). The van der Waals surface area contributed by atoms with Gasteiger partial charge in [-0.05, 0) is 6.07 Å². The van der Waals surface area contributed by atoms with Crippen LogP contribution in [0.2, 0.25) is 0 Å². The van der Waals surface area contributed by atoms with E-state index >= 15 is 0 Å². The van der Waals surface area contributed by atoms with Crippen molar-refractivity contribution in [3.8, 4) is 0 Å². The van der Waals surface area contributed by atoms with Gasteiger partial charge in [-0.1, -0.05) is 18.2 Å². The third-order valence-electron chi connectivity index (χ3n) is 1.95. The zero-order chi connectivity index (χ0) is 9.26. The molecule has 0 aliphatic carbocycles. The van der Waals surface area contributed by atoms with Gasteiger partial charge in [0.25, 0.3) is 0 Å². The summed E-state index contributed by atoms with van der Waals surface area (Å²) >= 11 is 0. The number of carbonyl (C=O) groups excluding carboxylic acids is 1. The topological polar surface area (TPSA) is 38.3 Å². The molecule has 3 nitrogen and oxygen atoms in total. The van der Waals surface area contributed by atoms with Gasteiger partial charge < -0.3 is 10.1 Å². The summed E-state index contributed by atoms with van der Waals surface area (Å²) in [6.07, 6.45) is -0.492. The van der Waals surface area contributed by atoms with E-state index in [4.69, 9.17) is 0 Å². The summed E-state index contributed by atoms with van der Waals surface area (Å²) in [7, 11) is 0. The second-order valence-corrected chi connectivity index (χ2v) is 2.82. The minimum Gasteiger partial charge on any atom is -0.447 e. The van der Waals surface area contributed by atoms with Gasteiger partial charge in [0, 0.05) is 5.56 Å². The van der Waals surface area contributed by atoms with Crippen LogP contribution in [0.3, 0.4) is 0 Å². The number of hydrogen-bond donors (Lipinski definition) is 1. The molecule has 0 unspecified atom stereocenters. The molecule has 0 bridgehead atoms. The van der Waals surface area contributed by atoms with Gasteiger partial charge in [-0.2, -0.15) is 0 Å². The third-order valence-corrected chi connectivity index (χ3v) is 1.95. The third kappa shape index (κ3) is 1.96. The van der Waals surface area contributed by atoms with Crippen molar-refractivity contribution in [1.29, 1.82) is 0 Å². The smallest absolute Gasteiger partial charge is 0.407 e. The van der Waals surface area contributed by atoms with E-state index < -0.39 is 6.09 Å². The monoisotopic (exact) mass is 217 g/mol. The summed E-state index contributed by atoms with van der Waals surface area (Å²) in [6, 6.07) is 5.97. The van der Waals surface area contributed by atoms with Crippen molar-refractivity contribution in [3.63, 3.8) is 0 Å². The highest BCUT2D eigenvalue weighted by Gasteiger charge is 2.25. The molecule has 1 N–H and O–H groups in total. The summed E-state index contributed by atoms with van der Waals surface area (Å²) < 4.78 is 17.8. The fourth-order valence-electron chi connectivity index (χ4n) is 1.31. The van der Waals surface area contributed by atoms with Crippen molar-refractivity contribution in [2.45, 2.75) is 6.04 Å². The average molecular weight is 218 g/mol. The highest BCUT2D eigenvalue weighted by atomic mass is 35.5. The van der Waals surface area contributed by atoms with Crippen LogP contribution in [0.4, 0.5) is 9.18 Å². The van der Waals surface area contributed by atoms with E-state index in [1.807, 2.05) is 0 Å². The number of ether oxygens (including phenoxy) is 1. The molecule has 14 heavy (non-hydrogen) atoms. The molecule has 1 aromatic rings. The van der Waals surface area contributed by atoms with Crippen LogP contribution in [0.15, 0.2) is 24.3 Å². The Morgan fingerprint density at radius 3 is 2.71 bits per heavy atom. The highest BCUT2D eigenvalue weighted by molar-refractivity contribution is 5.85. The molecule has 1 aromatic carbocycles. The first-order valence-corrected chi connectivity index (χ1v) is 3.95. The van der Waals surface area contributed by atoms with Gasteiger partial charge in [0.15, 0.2) is 0 Å². The molecule has 1 amide bonds. The van der Waals surface area contributed by atoms with Crippen molar-refractivity contribution in [1.82, 2.24) is 5.32 Å². The van der Waals surface area contributed by atoms with Gasteiger partial charge in [0.2, 0.25) is 0 Å². The zero-order valence-corrected chi connectivity index (χ0v) is 8.01. The van der Waals surface area contributed by atoms with Gasteiger partial charge >= 0.3 is 6.09 Å². The number of benzene rings is 1. The van der Waals surface area contributed by atoms with E-state index in [1.165, 1.54) is 6.07 Å². The van der Waals surface area contributed by atoms with E-state index in [0.29, 0.717) is 5.56 Å². The molecule has 1 aliphatic rings. The Balaban J connectivity index is 0.000000980. The molecular formula is C9H9ClFNO2. The summed E-state index contributed by atoms with van der Waals surface area (Å²) in [5.74, 6) is -0.321. The summed E-state index contributed by atoms with van der Waals surface area (Å²) in [5.41, 5.74) is 0.466. The molecule has 1 fully saturated rings. The molecule has 5 heteroatoms. The Kier molecular flexibility index (Phi) is 3.30. The SMILES string of the molecule is Cl.O=C1N[C@@H](c2ccccc2F)CO1. The fourth-order valence-corrected chi connectivity index (χ4v) is 1.31. The first kappa shape index (κ1) is 10.8. The van der Waals surface area contributed by atoms with Gasteiger partial charge in [-0.25, -0.2) is 9.18 Å². The molecule has 1 heterocycles. The minimum absolute atomic E-state index is 0. The van der Waals surface area contributed by atoms with Crippen molar-refractivity contribution in [2.24, 2.45) is 0 Å². The quantitative estimate of drug-likeness (QED) is 0.782. The summed E-state index contributed by atoms with van der Waals surface area (Å²) in [6.45, 7) is 0.194. The number of nitrogens with one attached hydrogen (secondary N) is 1. The lowest BCUT2D eigenvalue weighted by atomic mass is 10.1. The van der Waals surface area contributed by atoms with Crippen LogP contribution in [0, 0.1) is 5.82 Å². The first-order valence-electron chi connectivity index (χ1n) is 3.95. The van der Waals surface area contributed by atoms with Crippen LogP contribution >= 0.6 is 12.4 Å². The second kappa shape index (κ2) is 4.28. The van der Waals surface area contributed by atoms with E-state index in [1.54, 1.807) is 18.2 Å². The normalized spacial score (nSPS) is 19.5. The lowest BCUT2D eigenvalue weighted by Crippen LogP contribution is -2.19. The van der Waals surface area contributed by atoms with Crippen molar-refractivity contribution in [3.05, 3.63) is 35.6 Å². The van der Waals surface area contributed by atoms with Crippen molar-refractivity contribution < 1.29 is 13.9 Å². The first-order chi connectivity index (χ1) is 6.27. The van der Waals surface area contributed by atoms with Crippen molar-refractivity contribution in [2.75, 3.05) is 6.61 Å². The molecular weight excluding hydrogens is 209 g/mol. The average Bonchev–Trinajstić information content (AvgIpc) is 2.53. The Hall–Kier alpha value is -1.29. The molecule has 0 spiro atoms. The van der Waals surface area contributed by atoms with Crippen LogP contribution < -0.4 is 5.32 Å². The number of alkyl carbamates (subject to hydrolysis) is 1. The Bertz CT molecular complexity index is 345. The predicted molar refractivity (Wildman–Crippen MR) is 50.9 cm³/mol. The molecule has 1 aliphatic heterocycles. The van der Waals surface area contributed by atoms with Crippen LogP contribution in [-0.2, 0) is 4.74 Å². The molecule has 1 atom stereocenters. The standard InChI is InChI=1S/C9H8FNO2.ClH/c10-7-4-2-1-3-6(7)8-5-13-9(12)11-8;/h1-4,8H,5H2,(H,11,12);1H/t8-;/m1./s1. The van der Waals surface area contributed by atoms with Gasteiger partial charge in [-0.3, -0.25) is 0 Å². The summed E-state index contributed by atoms with van der Waals surface area (Å²) in [4.78, 5) is 10.7. The number of rotatable bonds is 1. The molecule has 0 radical (unpaired) electrons. The predicted octanol–water partition coefficient (Wildman–Crippen LogP) is 2.03. The van der Waals surface area contributed by atoms with Gasteiger partial charge in [0.05, 0.1) is 6.04 Å². The number of carbonyl (C=O) groups is 1. The van der Waals surface area contributed by atoms with E-state index in [9.17, 15) is 9.18 Å². The van der Waals surface area contributed by atoms with Crippen LogP contribution in [0.5, 0.6) is 0 Å². The van der Waals surface area contributed by atoms with Crippen molar-refractivity contribution >= 4 is 18.5 Å². The number of amides is 1. The Morgan fingerprint density at radius 1 is 1.43 bits per heavy atom. The molecule has 0 saturated carbocycles. The van der Waals surface area contributed by atoms with E-state index in [0.717, 1.165) is 0 Å². The van der Waals surface area contributed by atoms with Gasteiger partial charge in [-0.15, -0.1) is 12.4 Å². The van der Waals surface area contributed by atoms with Crippen LogP contribution in [0.1, 0.15) is 11.6 Å². The number of hydrogen-bond acceptors (Lipinski definition) is 2. The molecule has 0 aromatic heterocycles. The van der Waals surface area contributed by atoms with Crippen LogP contribution in [-0.4, -0.2) is 12.7 Å². The maximum Gasteiger partial charge on any atom is 0.407 e. The molecule has 1 saturated heterocycles. The Labute approximate surface area is 86.7 Å². The van der Waals surface area contributed by atoms with Gasteiger partial charge in [0.1, 0.15) is 12.4 Å². The largest absolute Gasteiger partial charge is 0.447 e. The van der Waals surface area contributed by atoms with Crippen LogP contribution in [0.25, 0.3) is 0 Å². The lowest BCUT2D eigenvalue weighted by molar-refractivity contribution is 0.177. The molecule has 76 valence electrons. The number of cyclic esters (lactones) is 1. The fraction of sp³-hybridized carbons (Fsp3) is 0.222. The lowest BCUT2D eigenvalue weighted by Gasteiger charge is -2.07. The van der Waals surface area contributed by atoms with E-state index in [-0.39, 0.29) is 30.9 Å². The zero-order valence-electron chi connectivity index (χ0n) is 7.20. The second-order valence-electron chi connectivity index (χ2n) is 2.82. The summed E-state index contributed by atoms with van der Waals surface area (Å²) in [5, 5.41) is 2.51. The van der Waals surface area contributed by atoms with E-state index in [2.05, 4.69) is 10.1 Å².